The molecule has 1 fully saturated rings. The van der Waals surface area contributed by atoms with E-state index in [4.69, 9.17) is 9.47 Å². The van der Waals surface area contributed by atoms with E-state index >= 15 is 0 Å². The van der Waals surface area contributed by atoms with Crippen LogP contribution in [0.15, 0.2) is 0 Å². The molecule has 0 aliphatic carbocycles. The number of carbonyl (C=O) groups excluding carboxylic acids is 2. The van der Waals surface area contributed by atoms with Crippen LogP contribution >= 0.6 is 0 Å². The summed E-state index contributed by atoms with van der Waals surface area (Å²) in [5, 5.41) is 0. The van der Waals surface area contributed by atoms with E-state index in [0.717, 1.165) is 38.5 Å². The van der Waals surface area contributed by atoms with Crippen molar-refractivity contribution in [3.63, 3.8) is 0 Å². The maximum absolute atomic E-state index is 11.7. The summed E-state index contributed by atoms with van der Waals surface area (Å²) in [6.07, 6.45) is 7.89. The zero-order chi connectivity index (χ0) is 14.8. The van der Waals surface area contributed by atoms with Gasteiger partial charge in [0.15, 0.2) is 0 Å². The Kier molecular flexibility index (Phi) is 8.31. The van der Waals surface area contributed by atoms with Gasteiger partial charge in [-0.1, -0.05) is 13.8 Å². The van der Waals surface area contributed by atoms with Gasteiger partial charge in [-0.05, 0) is 51.4 Å². The standard InChI is InChI=1S/C16H28O4/c1-3-13-9-5-6-10-14(4-2)20-16(18)12-8-7-11-15(17)19-13/h13-14H,3-12H2,1-2H3. The second-order valence-electron chi connectivity index (χ2n) is 5.53. The first-order chi connectivity index (χ1) is 9.65. The second-order valence-corrected chi connectivity index (χ2v) is 5.53. The van der Waals surface area contributed by atoms with Crippen LogP contribution < -0.4 is 0 Å². The fourth-order valence-corrected chi connectivity index (χ4v) is 2.47. The molecule has 0 aromatic heterocycles. The monoisotopic (exact) mass is 284 g/mol. The smallest absolute Gasteiger partial charge is 0.306 e. The third-order valence-electron chi connectivity index (χ3n) is 3.82. The van der Waals surface area contributed by atoms with Crippen LogP contribution in [0.4, 0.5) is 0 Å². The first-order valence-electron chi connectivity index (χ1n) is 8.04. The van der Waals surface area contributed by atoms with Crippen LogP contribution in [0.25, 0.3) is 0 Å². The molecule has 2 unspecified atom stereocenters. The number of rotatable bonds is 2. The molecule has 0 bridgehead atoms. The molecule has 2 atom stereocenters. The molecule has 4 heteroatoms. The molecular formula is C16H28O4. The van der Waals surface area contributed by atoms with E-state index in [2.05, 4.69) is 13.8 Å². The number of ether oxygens (including phenoxy) is 2. The fraction of sp³-hybridized carbons (Fsp3) is 0.875. The Labute approximate surface area is 122 Å². The highest BCUT2D eigenvalue weighted by molar-refractivity contribution is 5.70. The first-order valence-corrected chi connectivity index (χ1v) is 8.04. The summed E-state index contributed by atoms with van der Waals surface area (Å²) in [6.45, 7) is 4.11. The van der Waals surface area contributed by atoms with Crippen LogP contribution in [0.1, 0.15) is 78.1 Å². The van der Waals surface area contributed by atoms with Crippen LogP contribution in [0, 0.1) is 0 Å². The van der Waals surface area contributed by atoms with E-state index < -0.39 is 0 Å². The van der Waals surface area contributed by atoms with Crippen molar-refractivity contribution in [2.24, 2.45) is 0 Å². The average molecular weight is 284 g/mol. The molecule has 1 heterocycles. The van der Waals surface area contributed by atoms with Gasteiger partial charge in [0.1, 0.15) is 12.2 Å². The minimum absolute atomic E-state index is 0.0491. The Balaban J connectivity index is 2.50. The molecule has 1 rings (SSSR count). The van der Waals surface area contributed by atoms with E-state index in [-0.39, 0.29) is 24.1 Å². The molecule has 0 radical (unpaired) electrons. The van der Waals surface area contributed by atoms with Gasteiger partial charge in [-0.15, -0.1) is 0 Å². The largest absolute Gasteiger partial charge is 0.462 e. The third kappa shape index (κ3) is 6.92. The quantitative estimate of drug-likeness (QED) is 0.724. The summed E-state index contributed by atoms with van der Waals surface area (Å²) in [6, 6.07) is 0. The number of carbonyl (C=O) groups is 2. The number of hydrogen-bond acceptors (Lipinski definition) is 4. The summed E-state index contributed by atoms with van der Waals surface area (Å²) in [5.41, 5.74) is 0. The van der Waals surface area contributed by atoms with Gasteiger partial charge in [-0.2, -0.15) is 0 Å². The van der Waals surface area contributed by atoms with Crippen LogP contribution in [0.5, 0.6) is 0 Å². The topological polar surface area (TPSA) is 52.6 Å². The van der Waals surface area contributed by atoms with Gasteiger partial charge in [0.05, 0.1) is 0 Å². The van der Waals surface area contributed by atoms with Crippen molar-refractivity contribution in [2.45, 2.75) is 90.3 Å². The summed E-state index contributed by atoms with van der Waals surface area (Å²) < 4.78 is 10.9. The van der Waals surface area contributed by atoms with Crippen LogP contribution in [0.3, 0.4) is 0 Å². The highest BCUT2D eigenvalue weighted by atomic mass is 16.5. The minimum atomic E-state index is -0.131. The summed E-state index contributed by atoms with van der Waals surface area (Å²) in [7, 11) is 0. The molecular weight excluding hydrogens is 256 g/mol. The molecule has 1 aliphatic rings. The Morgan fingerprint density at radius 1 is 0.800 bits per heavy atom. The molecule has 0 saturated carbocycles. The molecule has 0 amide bonds. The summed E-state index contributed by atoms with van der Waals surface area (Å²) in [5.74, 6) is -0.262. The van der Waals surface area contributed by atoms with Crippen molar-refractivity contribution in [3.05, 3.63) is 0 Å². The van der Waals surface area contributed by atoms with Gasteiger partial charge in [-0.3, -0.25) is 9.59 Å². The molecule has 1 aliphatic heterocycles. The van der Waals surface area contributed by atoms with E-state index in [1.807, 2.05) is 0 Å². The second kappa shape index (κ2) is 9.78. The van der Waals surface area contributed by atoms with Gasteiger partial charge >= 0.3 is 11.9 Å². The molecule has 1 saturated heterocycles. The van der Waals surface area contributed by atoms with Crippen molar-refractivity contribution in [3.8, 4) is 0 Å². The van der Waals surface area contributed by atoms with Crippen molar-refractivity contribution in [1.29, 1.82) is 0 Å². The summed E-state index contributed by atoms with van der Waals surface area (Å²) in [4.78, 5) is 23.3. The lowest BCUT2D eigenvalue weighted by atomic mass is 10.0. The number of cyclic esters (lactones) is 2. The maximum Gasteiger partial charge on any atom is 0.306 e. The zero-order valence-corrected chi connectivity index (χ0v) is 12.9. The Hall–Kier alpha value is -1.06. The fourth-order valence-electron chi connectivity index (χ4n) is 2.47. The zero-order valence-electron chi connectivity index (χ0n) is 12.9. The minimum Gasteiger partial charge on any atom is -0.462 e. The van der Waals surface area contributed by atoms with Crippen molar-refractivity contribution < 1.29 is 19.1 Å². The molecule has 20 heavy (non-hydrogen) atoms. The number of hydrogen-bond donors (Lipinski definition) is 0. The molecule has 116 valence electrons. The summed E-state index contributed by atoms with van der Waals surface area (Å²) >= 11 is 0. The molecule has 4 nitrogen and oxygen atoms in total. The predicted molar refractivity (Wildman–Crippen MR) is 77.3 cm³/mol. The van der Waals surface area contributed by atoms with E-state index in [0.29, 0.717) is 25.7 Å². The van der Waals surface area contributed by atoms with E-state index in [9.17, 15) is 9.59 Å². The molecule has 0 aromatic carbocycles. The van der Waals surface area contributed by atoms with Crippen molar-refractivity contribution in [1.82, 2.24) is 0 Å². The van der Waals surface area contributed by atoms with Crippen LogP contribution in [-0.4, -0.2) is 24.1 Å². The molecule has 0 aromatic rings. The highest BCUT2D eigenvalue weighted by Gasteiger charge is 2.16. The van der Waals surface area contributed by atoms with Gasteiger partial charge in [0.25, 0.3) is 0 Å². The van der Waals surface area contributed by atoms with Gasteiger partial charge in [0, 0.05) is 12.8 Å². The Morgan fingerprint density at radius 2 is 1.20 bits per heavy atom. The molecule has 0 spiro atoms. The highest BCUT2D eigenvalue weighted by Crippen LogP contribution is 2.17. The molecule has 0 N–H and O–H groups in total. The average Bonchev–Trinajstić information content (AvgIpc) is 2.44. The first kappa shape index (κ1) is 17.0. The van der Waals surface area contributed by atoms with Gasteiger partial charge in [-0.25, -0.2) is 0 Å². The van der Waals surface area contributed by atoms with Gasteiger partial charge in [0.2, 0.25) is 0 Å². The van der Waals surface area contributed by atoms with Crippen LogP contribution in [-0.2, 0) is 19.1 Å². The van der Waals surface area contributed by atoms with Crippen molar-refractivity contribution >= 4 is 11.9 Å². The Morgan fingerprint density at radius 3 is 1.55 bits per heavy atom. The third-order valence-corrected chi connectivity index (χ3v) is 3.82. The van der Waals surface area contributed by atoms with Crippen LogP contribution in [0.2, 0.25) is 0 Å². The normalized spacial score (nSPS) is 27.3. The number of esters is 2. The SMILES string of the molecule is CCC1CCCCC(CC)OC(=O)CCCCC(=O)O1. The lowest BCUT2D eigenvalue weighted by molar-refractivity contribution is -0.152. The lowest BCUT2D eigenvalue weighted by Crippen LogP contribution is -2.20. The lowest BCUT2D eigenvalue weighted by Gasteiger charge is -2.19. The van der Waals surface area contributed by atoms with E-state index in [1.54, 1.807) is 0 Å². The predicted octanol–water partition coefficient (Wildman–Crippen LogP) is 3.76. The van der Waals surface area contributed by atoms with Gasteiger partial charge < -0.3 is 9.47 Å². The Bertz CT molecular complexity index is 271. The maximum atomic E-state index is 11.7. The van der Waals surface area contributed by atoms with Crippen molar-refractivity contribution in [2.75, 3.05) is 0 Å². The van der Waals surface area contributed by atoms with E-state index in [1.165, 1.54) is 0 Å².